The predicted octanol–water partition coefficient (Wildman–Crippen LogP) is 1.14. The highest BCUT2D eigenvalue weighted by Gasteiger charge is 2.13. The van der Waals surface area contributed by atoms with E-state index in [1.807, 2.05) is 27.1 Å². The van der Waals surface area contributed by atoms with Crippen LogP contribution >= 0.6 is 0 Å². The molecule has 0 amide bonds. The van der Waals surface area contributed by atoms with Crippen molar-refractivity contribution in [3.8, 4) is 0 Å². The molecular weight excluding hydrogens is 236 g/mol. The lowest BCUT2D eigenvalue weighted by Crippen LogP contribution is -2.16. The Morgan fingerprint density at radius 2 is 1.94 bits per heavy atom. The third kappa shape index (κ3) is 4.11. The highest BCUT2D eigenvalue weighted by molar-refractivity contribution is 7.89. The van der Waals surface area contributed by atoms with E-state index >= 15 is 0 Å². The molecular formula is C12H20N2O2S. The van der Waals surface area contributed by atoms with Gasteiger partial charge < -0.3 is 4.90 Å². The van der Waals surface area contributed by atoms with Crippen molar-refractivity contribution in [1.29, 1.82) is 0 Å². The minimum absolute atomic E-state index is 0.236. The zero-order valence-electron chi connectivity index (χ0n) is 10.6. The molecule has 0 radical (unpaired) electrons. The summed E-state index contributed by atoms with van der Waals surface area (Å²) in [4.78, 5) is 2.35. The standard InChI is InChI=1S/C12H20N2O2S/c1-10-11(7-5-9-14(2)3)6-4-8-12(10)17(13,15)16/h4,6,8H,5,7,9H2,1-3H3,(H2,13,15,16). The molecule has 0 aliphatic carbocycles. The monoisotopic (exact) mass is 256 g/mol. The fourth-order valence-corrected chi connectivity index (χ4v) is 2.65. The van der Waals surface area contributed by atoms with Gasteiger partial charge in [0.15, 0.2) is 0 Å². The second-order valence-electron chi connectivity index (χ2n) is 4.49. The summed E-state index contributed by atoms with van der Waals surface area (Å²) in [5, 5.41) is 5.17. The van der Waals surface area contributed by atoms with Crippen LogP contribution in [0.5, 0.6) is 0 Å². The molecule has 0 spiro atoms. The van der Waals surface area contributed by atoms with Crippen molar-refractivity contribution in [1.82, 2.24) is 4.90 Å². The number of primary sulfonamides is 1. The molecule has 0 saturated carbocycles. The Hall–Kier alpha value is -0.910. The van der Waals surface area contributed by atoms with Gasteiger partial charge in [0.05, 0.1) is 4.90 Å². The normalized spacial score (nSPS) is 12.1. The van der Waals surface area contributed by atoms with Crippen molar-refractivity contribution < 1.29 is 8.42 Å². The summed E-state index contributed by atoms with van der Waals surface area (Å²) < 4.78 is 22.7. The van der Waals surface area contributed by atoms with Crippen LogP contribution in [0.1, 0.15) is 17.5 Å². The van der Waals surface area contributed by atoms with E-state index in [2.05, 4.69) is 4.90 Å². The van der Waals surface area contributed by atoms with Crippen molar-refractivity contribution in [2.75, 3.05) is 20.6 Å². The van der Waals surface area contributed by atoms with Gasteiger partial charge in [-0.15, -0.1) is 0 Å². The molecule has 0 bridgehead atoms. The molecule has 0 aromatic heterocycles. The number of nitrogens with two attached hydrogens (primary N) is 1. The number of hydrogen-bond acceptors (Lipinski definition) is 3. The second kappa shape index (κ2) is 5.62. The molecule has 1 aromatic carbocycles. The lowest BCUT2D eigenvalue weighted by atomic mass is 10.0. The minimum Gasteiger partial charge on any atom is -0.309 e. The Balaban J connectivity index is 2.88. The van der Waals surface area contributed by atoms with E-state index in [0.717, 1.165) is 30.5 Å². The van der Waals surface area contributed by atoms with Gasteiger partial charge in [0, 0.05) is 0 Å². The van der Waals surface area contributed by atoms with Crippen LogP contribution in [-0.2, 0) is 16.4 Å². The van der Waals surface area contributed by atoms with E-state index < -0.39 is 10.0 Å². The summed E-state index contributed by atoms with van der Waals surface area (Å²) in [5.41, 5.74) is 1.83. The molecule has 1 rings (SSSR count). The first kappa shape index (κ1) is 14.2. The molecule has 1 aromatic rings. The molecule has 0 heterocycles. The van der Waals surface area contributed by atoms with E-state index in [1.165, 1.54) is 0 Å². The van der Waals surface area contributed by atoms with E-state index in [0.29, 0.717) is 0 Å². The predicted molar refractivity (Wildman–Crippen MR) is 69.4 cm³/mol. The molecule has 0 fully saturated rings. The van der Waals surface area contributed by atoms with Gasteiger partial charge in [0.1, 0.15) is 0 Å². The number of aryl methyl sites for hydroxylation is 1. The Morgan fingerprint density at radius 3 is 2.47 bits per heavy atom. The number of rotatable bonds is 5. The van der Waals surface area contributed by atoms with Crippen molar-refractivity contribution in [3.63, 3.8) is 0 Å². The number of hydrogen-bond donors (Lipinski definition) is 1. The Morgan fingerprint density at radius 1 is 1.29 bits per heavy atom. The minimum atomic E-state index is -3.61. The van der Waals surface area contributed by atoms with E-state index in [-0.39, 0.29) is 4.90 Å². The van der Waals surface area contributed by atoms with Gasteiger partial charge in [-0.1, -0.05) is 12.1 Å². The lowest BCUT2D eigenvalue weighted by molar-refractivity contribution is 0.400. The van der Waals surface area contributed by atoms with Crippen LogP contribution < -0.4 is 5.14 Å². The average Bonchev–Trinajstić information content (AvgIpc) is 2.18. The summed E-state index contributed by atoms with van der Waals surface area (Å²) in [6, 6.07) is 5.26. The molecule has 2 N–H and O–H groups in total. The van der Waals surface area contributed by atoms with E-state index in [1.54, 1.807) is 12.1 Å². The molecule has 0 atom stereocenters. The summed E-state index contributed by atoms with van der Waals surface area (Å²) in [6.07, 6.45) is 1.87. The topological polar surface area (TPSA) is 63.4 Å². The maximum absolute atomic E-state index is 11.4. The lowest BCUT2D eigenvalue weighted by Gasteiger charge is -2.12. The summed E-state index contributed by atoms with van der Waals surface area (Å²) in [7, 11) is 0.435. The summed E-state index contributed by atoms with van der Waals surface area (Å²) in [5.74, 6) is 0. The van der Waals surface area contributed by atoms with Crippen molar-refractivity contribution in [3.05, 3.63) is 29.3 Å². The van der Waals surface area contributed by atoms with Gasteiger partial charge in [0.2, 0.25) is 10.0 Å². The van der Waals surface area contributed by atoms with Crippen molar-refractivity contribution >= 4 is 10.0 Å². The molecule has 17 heavy (non-hydrogen) atoms. The SMILES string of the molecule is Cc1c(CCCN(C)C)cccc1S(N)(=O)=O. The maximum Gasteiger partial charge on any atom is 0.238 e. The summed E-state index contributed by atoms with van der Waals surface area (Å²) >= 11 is 0. The molecule has 96 valence electrons. The van der Waals surface area contributed by atoms with Crippen LogP contribution in [0.4, 0.5) is 0 Å². The van der Waals surface area contributed by atoms with Crippen LogP contribution in [0.2, 0.25) is 0 Å². The third-order valence-electron chi connectivity index (χ3n) is 2.75. The maximum atomic E-state index is 11.4. The Labute approximate surface area is 103 Å². The van der Waals surface area contributed by atoms with Gasteiger partial charge in [-0.2, -0.15) is 0 Å². The first-order valence-corrected chi connectivity index (χ1v) is 7.13. The molecule has 0 unspecified atom stereocenters. The Bertz CT molecular complexity index is 481. The number of nitrogens with zero attached hydrogens (tertiary/aromatic N) is 1. The second-order valence-corrected chi connectivity index (χ2v) is 6.02. The van der Waals surface area contributed by atoms with Gasteiger partial charge in [-0.05, 0) is 57.6 Å². The van der Waals surface area contributed by atoms with Crippen LogP contribution in [0.25, 0.3) is 0 Å². The zero-order chi connectivity index (χ0) is 13.1. The fraction of sp³-hybridized carbons (Fsp3) is 0.500. The van der Waals surface area contributed by atoms with Crippen molar-refractivity contribution in [2.45, 2.75) is 24.7 Å². The van der Waals surface area contributed by atoms with E-state index in [9.17, 15) is 8.42 Å². The largest absolute Gasteiger partial charge is 0.309 e. The summed E-state index contributed by atoms with van der Waals surface area (Å²) in [6.45, 7) is 2.80. The smallest absolute Gasteiger partial charge is 0.238 e. The quantitative estimate of drug-likeness (QED) is 0.859. The average molecular weight is 256 g/mol. The first-order chi connectivity index (χ1) is 7.82. The fourth-order valence-electron chi connectivity index (χ4n) is 1.82. The number of sulfonamides is 1. The molecule has 0 aliphatic heterocycles. The van der Waals surface area contributed by atoms with Crippen molar-refractivity contribution in [2.24, 2.45) is 5.14 Å². The number of benzene rings is 1. The highest BCUT2D eigenvalue weighted by Crippen LogP contribution is 2.18. The van der Waals surface area contributed by atoms with Crippen LogP contribution in [0.15, 0.2) is 23.1 Å². The molecule has 4 nitrogen and oxygen atoms in total. The first-order valence-electron chi connectivity index (χ1n) is 5.58. The van der Waals surface area contributed by atoms with Gasteiger partial charge in [-0.3, -0.25) is 0 Å². The van der Waals surface area contributed by atoms with E-state index in [4.69, 9.17) is 5.14 Å². The van der Waals surface area contributed by atoms with Gasteiger partial charge in [0.25, 0.3) is 0 Å². The van der Waals surface area contributed by atoms with Crippen LogP contribution in [-0.4, -0.2) is 34.0 Å². The molecule has 5 heteroatoms. The van der Waals surface area contributed by atoms with Crippen LogP contribution in [0, 0.1) is 6.92 Å². The molecule has 0 aliphatic rings. The highest BCUT2D eigenvalue weighted by atomic mass is 32.2. The third-order valence-corrected chi connectivity index (χ3v) is 3.81. The van der Waals surface area contributed by atoms with Gasteiger partial charge >= 0.3 is 0 Å². The van der Waals surface area contributed by atoms with Crippen LogP contribution in [0.3, 0.4) is 0 Å². The zero-order valence-corrected chi connectivity index (χ0v) is 11.4. The van der Waals surface area contributed by atoms with Gasteiger partial charge in [-0.25, -0.2) is 13.6 Å². The Kier molecular flexibility index (Phi) is 4.68. The molecule has 0 saturated heterocycles.